The van der Waals surface area contributed by atoms with Crippen molar-refractivity contribution in [3.05, 3.63) is 22.7 Å². The van der Waals surface area contributed by atoms with Crippen LogP contribution in [0.3, 0.4) is 0 Å². The van der Waals surface area contributed by atoms with Crippen molar-refractivity contribution in [2.45, 2.75) is 270 Å². The predicted molar refractivity (Wildman–Crippen MR) is 284 cm³/mol. The molecule has 0 aliphatic carbocycles. The highest BCUT2D eigenvalue weighted by Crippen LogP contribution is 2.60. The number of nitrogen functional groups attached to an aromatic ring is 1. The maximum absolute atomic E-state index is 12.9. The van der Waals surface area contributed by atoms with Crippen molar-refractivity contribution in [3.8, 4) is 0 Å². The summed E-state index contributed by atoms with van der Waals surface area (Å²) >= 11 is 0. The number of aliphatic hydroxyl groups excluding tert-OH is 2. The lowest BCUT2D eigenvalue weighted by molar-refractivity contribution is -0.161. The first kappa shape index (κ1) is 66.9. The molecule has 0 spiro atoms. The highest BCUT2D eigenvalue weighted by Gasteiger charge is 2.46. The molecular weight excluding hydrogens is 981 g/mol. The van der Waals surface area contributed by atoms with Gasteiger partial charge in [0.25, 0.3) is 0 Å². The van der Waals surface area contributed by atoms with Crippen molar-refractivity contribution in [3.63, 3.8) is 0 Å². The number of ether oxygens (including phenoxy) is 3. The Morgan fingerprint density at radius 1 is 0.616 bits per heavy atom. The van der Waals surface area contributed by atoms with Gasteiger partial charge in [0, 0.05) is 19.0 Å². The van der Waals surface area contributed by atoms with E-state index in [2.05, 4.69) is 37.0 Å². The Morgan fingerprint density at radius 3 is 1.44 bits per heavy atom. The number of anilines is 1. The summed E-state index contributed by atoms with van der Waals surface area (Å²) in [5, 5.41) is 20.9. The van der Waals surface area contributed by atoms with Crippen LogP contribution in [0.2, 0.25) is 0 Å². The highest BCUT2D eigenvalue weighted by molar-refractivity contribution is 7.61. The molecule has 1 fully saturated rings. The zero-order chi connectivity index (χ0) is 53.7. The molecule has 20 heteroatoms. The summed E-state index contributed by atoms with van der Waals surface area (Å²) in [5.41, 5.74) is 4.60. The van der Waals surface area contributed by atoms with Gasteiger partial charge in [-0.15, -0.1) is 0 Å². The molecule has 0 aromatic carbocycles. The van der Waals surface area contributed by atoms with Gasteiger partial charge >= 0.3 is 33.3 Å². The quantitative estimate of drug-likeness (QED) is 0.0231. The van der Waals surface area contributed by atoms with Crippen molar-refractivity contribution in [2.75, 3.05) is 25.6 Å². The van der Waals surface area contributed by atoms with Gasteiger partial charge < -0.3 is 39.9 Å². The number of aliphatic hydroxyl groups is 2. The van der Waals surface area contributed by atoms with E-state index >= 15 is 0 Å². The Bertz CT molecular complexity index is 1750. The van der Waals surface area contributed by atoms with E-state index in [0.717, 1.165) is 61.3 Å². The Labute approximate surface area is 438 Å². The lowest BCUT2D eigenvalue weighted by Crippen LogP contribution is -2.36. The van der Waals surface area contributed by atoms with Gasteiger partial charge in [-0.2, -0.15) is 9.29 Å². The zero-order valence-electron chi connectivity index (χ0n) is 45.3. The minimum Gasteiger partial charge on any atom is -0.462 e. The molecular formula is C53H99N3O15P2. The molecule has 73 heavy (non-hydrogen) atoms. The normalized spacial score (nSPS) is 19.0. The van der Waals surface area contributed by atoms with E-state index in [4.69, 9.17) is 29.0 Å². The second kappa shape index (κ2) is 40.0. The second-order valence-electron chi connectivity index (χ2n) is 21.1. The van der Waals surface area contributed by atoms with E-state index in [1.165, 1.54) is 154 Å². The Hall–Kier alpha value is -2.24. The van der Waals surface area contributed by atoms with Crippen molar-refractivity contribution in [1.82, 2.24) is 9.55 Å². The summed E-state index contributed by atoms with van der Waals surface area (Å²) in [6, 6.07) is 1.25. The van der Waals surface area contributed by atoms with Gasteiger partial charge in [-0.3, -0.25) is 23.2 Å². The summed E-state index contributed by atoms with van der Waals surface area (Å²) < 4.78 is 57.0. The molecule has 3 unspecified atom stereocenters. The number of unbranched alkanes of at least 4 members (excludes halogenated alkanes) is 27. The number of hydrogen-bond donors (Lipinski definition) is 5. The van der Waals surface area contributed by atoms with Gasteiger partial charge in [0.2, 0.25) is 0 Å². The standard InChI is InChI=1S/C53H99N3O15P2/c1-43(2)34-30-26-22-18-14-11-9-7-5-6-8-10-12-16-20-24-28-32-36-48(57)66-40-45(69-49(58)37-33-29-25-21-17-13-15-19-23-27-31-35-44(3)4)41-67-72(62,63)71-73(64,65)68-42-46-50(59)51(60)52(70-46)56-39-38-47(54)55-53(56)61/h38-39,43-46,50-52,59-60H,5-37,40-42H2,1-4H3,(H,62,63)(H,64,65)(H2,54,55,61)/t45-,46-,50+,51?,52-/m1/s1. The first-order valence-corrected chi connectivity index (χ1v) is 31.3. The fraction of sp³-hybridized carbons (Fsp3) is 0.887. The molecule has 18 nitrogen and oxygen atoms in total. The van der Waals surface area contributed by atoms with Crippen LogP contribution in [-0.4, -0.2) is 85.7 Å². The van der Waals surface area contributed by atoms with Crippen LogP contribution in [0, 0.1) is 11.8 Å². The molecule has 426 valence electrons. The third-order valence-electron chi connectivity index (χ3n) is 13.3. The highest BCUT2D eigenvalue weighted by atomic mass is 31.3. The van der Waals surface area contributed by atoms with Gasteiger partial charge in [-0.05, 0) is 30.7 Å². The fourth-order valence-electron chi connectivity index (χ4n) is 8.92. The van der Waals surface area contributed by atoms with Gasteiger partial charge in [-0.25, -0.2) is 13.9 Å². The van der Waals surface area contributed by atoms with E-state index in [0.29, 0.717) is 12.8 Å². The molecule has 0 saturated carbocycles. The van der Waals surface area contributed by atoms with Gasteiger partial charge in [0.1, 0.15) is 30.7 Å². The van der Waals surface area contributed by atoms with E-state index in [-0.39, 0.29) is 18.7 Å². The van der Waals surface area contributed by atoms with Crippen LogP contribution in [0.15, 0.2) is 17.1 Å². The lowest BCUT2D eigenvalue weighted by atomic mass is 10.0. The number of carbonyl (C=O) groups excluding carboxylic acids is 2. The Kier molecular flexibility index (Phi) is 36.7. The number of esters is 2. The summed E-state index contributed by atoms with van der Waals surface area (Å²) in [7, 11) is -10.8. The Morgan fingerprint density at radius 2 is 1.01 bits per heavy atom. The SMILES string of the molecule is CC(C)CCCCCCCCCCCCCCCCCCCCC(=O)OC[C@H](COP(=O)(O)OP(=O)(O)OC[C@H]1O[C@@H](n2ccc(N)nc2=O)C(O)[C@H]1O)OC(=O)CCCCCCCCCCCCCC(C)C. The predicted octanol–water partition coefficient (Wildman–Crippen LogP) is 12.3. The first-order chi connectivity index (χ1) is 34.9. The summed E-state index contributed by atoms with van der Waals surface area (Å²) in [6.45, 7) is 6.85. The molecule has 2 rings (SSSR count). The lowest BCUT2D eigenvalue weighted by Gasteiger charge is -2.21. The molecule has 1 aromatic heterocycles. The van der Waals surface area contributed by atoms with Crippen LogP contribution in [0.1, 0.15) is 246 Å². The monoisotopic (exact) mass is 1080 g/mol. The second-order valence-corrected chi connectivity index (χ2v) is 24.2. The van der Waals surface area contributed by atoms with E-state index < -0.39 is 83.7 Å². The van der Waals surface area contributed by atoms with E-state index in [9.17, 15) is 43.5 Å². The summed E-state index contributed by atoms with van der Waals surface area (Å²) in [5.74, 6) is 0.311. The minimum absolute atomic E-state index is 0.0565. The number of rotatable bonds is 47. The molecule has 0 amide bonds. The molecule has 1 aromatic rings. The summed E-state index contributed by atoms with van der Waals surface area (Å²) in [6.07, 6.45) is 30.5. The fourth-order valence-corrected chi connectivity index (χ4v) is 11.0. The van der Waals surface area contributed by atoms with Gasteiger partial charge in [-0.1, -0.05) is 214 Å². The van der Waals surface area contributed by atoms with Crippen molar-refractivity contribution in [2.24, 2.45) is 11.8 Å². The van der Waals surface area contributed by atoms with Crippen LogP contribution < -0.4 is 11.4 Å². The number of nitrogens with zero attached hydrogens (tertiary/aromatic N) is 2. The molecule has 6 N–H and O–H groups in total. The largest absolute Gasteiger partial charge is 0.481 e. The third-order valence-corrected chi connectivity index (χ3v) is 15.9. The minimum atomic E-state index is -5.42. The average Bonchev–Trinajstić information content (AvgIpc) is 3.60. The number of carbonyl (C=O) groups is 2. The molecule has 0 radical (unpaired) electrons. The van der Waals surface area contributed by atoms with Gasteiger partial charge in [0.15, 0.2) is 12.3 Å². The maximum atomic E-state index is 12.9. The van der Waals surface area contributed by atoms with Crippen LogP contribution in [-0.2, 0) is 46.3 Å². The molecule has 7 atom stereocenters. The Balaban J connectivity index is 1.73. The van der Waals surface area contributed by atoms with Gasteiger partial charge in [0.05, 0.1) is 13.2 Å². The van der Waals surface area contributed by atoms with Crippen molar-refractivity contribution >= 4 is 33.4 Å². The van der Waals surface area contributed by atoms with Crippen molar-refractivity contribution < 1.29 is 66.3 Å². The average molecular weight is 1080 g/mol. The van der Waals surface area contributed by atoms with Crippen LogP contribution >= 0.6 is 15.6 Å². The molecule has 1 aliphatic heterocycles. The first-order valence-electron chi connectivity index (χ1n) is 28.3. The van der Waals surface area contributed by atoms with E-state index in [1.807, 2.05) is 0 Å². The molecule has 1 aliphatic rings. The zero-order valence-corrected chi connectivity index (χ0v) is 47.1. The summed E-state index contributed by atoms with van der Waals surface area (Å²) in [4.78, 5) is 62.1. The van der Waals surface area contributed by atoms with Crippen LogP contribution in [0.4, 0.5) is 5.82 Å². The third kappa shape index (κ3) is 34.2. The topological polar surface area (TPSA) is 265 Å². The van der Waals surface area contributed by atoms with Crippen molar-refractivity contribution in [1.29, 1.82) is 0 Å². The molecule has 1 saturated heterocycles. The number of nitrogens with two attached hydrogens (primary N) is 1. The molecule has 2 heterocycles. The molecule has 0 bridgehead atoms. The smallest absolute Gasteiger partial charge is 0.462 e. The number of phosphoric acid groups is 2. The van der Waals surface area contributed by atoms with Crippen LogP contribution in [0.5, 0.6) is 0 Å². The number of aromatic nitrogens is 2. The number of phosphoric ester groups is 2. The maximum Gasteiger partial charge on any atom is 0.481 e. The van der Waals surface area contributed by atoms with E-state index in [1.54, 1.807) is 0 Å². The number of hydrogen-bond acceptors (Lipinski definition) is 15. The van der Waals surface area contributed by atoms with Crippen LogP contribution in [0.25, 0.3) is 0 Å².